The summed E-state index contributed by atoms with van der Waals surface area (Å²) >= 11 is 0. The highest BCUT2D eigenvalue weighted by Crippen LogP contribution is 2.45. The van der Waals surface area contributed by atoms with Crippen molar-refractivity contribution < 1.29 is 28.2 Å². The number of fused-ring (bicyclic) bond motifs is 2. The molecule has 9 nitrogen and oxygen atoms in total. The van der Waals surface area contributed by atoms with E-state index >= 15 is 0 Å². The van der Waals surface area contributed by atoms with E-state index in [1.165, 1.54) is 21.3 Å². The van der Waals surface area contributed by atoms with Crippen LogP contribution in [0, 0.1) is 0 Å². The van der Waals surface area contributed by atoms with E-state index in [2.05, 4.69) is 4.90 Å². The van der Waals surface area contributed by atoms with Crippen LogP contribution in [0.5, 0.6) is 17.2 Å². The number of carbonyl (C=O) groups is 1. The maximum atomic E-state index is 13.7. The molecule has 2 aliphatic rings. The van der Waals surface area contributed by atoms with Gasteiger partial charge in [-0.2, -0.15) is 0 Å². The minimum atomic E-state index is -0.647. The number of methoxy groups -OCH3 is 3. The summed E-state index contributed by atoms with van der Waals surface area (Å²) in [5.41, 5.74) is 1.20. The van der Waals surface area contributed by atoms with E-state index in [1.54, 1.807) is 41.3 Å². The van der Waals surface area contributed by atoms with Crippen LogP contribution in [0.3, 0.4) is 0 Å². The van der Waals surface area contributed by atoms with Crippen molar-refractivity contribution in [3.05, 3.63) is 63.5 Å². The van der Waals surface area contributed by atoms with E-state index in [-0.39, 0.29) is 17.1 Å². The number of para-hydroxylation sites is 1. The van der Waals surface area contributed by atoms with Gasteiger partial charge in [-0.05, 0) is 36.2 Å². The zero-order valence-corrected chi connectivity index (χ0v) is 20.7. The lowest BCUT2D eigenvalue weighted by Gasteiger charge is -2.29. The lowest BCUT2D eigenvalue weighted by Crippen LogP contribution is -2.38. The number of carbonyl (C=O) groups excluding carboxylic acids is 1. The number of morpholine rings is 1. The molecule has 1 amide bonds. The molecular weight excluding hydrogens is 464 g/mol. The molecule has 190 valence electrons. The monoisotopic (exact) mass is 494 g/mol. The summed E-state index contributed by atoms with van der Waals surface area (Å²) < 4.78 is 28.1. The summed E-state index contributed by atoms with van der Waals surface area (Å²) in [5, 5.41) is 0.441. The first-order valence-corrected chi connectivity index (χ1v) is 12.0. The van der Waals surface area contributed by atoms with Gasteiger partial charge in [-0.3, -0.25) is 14.5 Å². The van der Waals surface area contributed by atoms with Crippen LogP contribution in [0.25, 0.3) is 11.0 Å². The number of benzene rings is 2. The van der Waals surface area contributed by atoms with Gasteiger partial charge >= 0.3 is 0 Å². The second kappa shape index (κ2) is 10.2. The van der Waals surface area contributed by atoms with Gasteiger partial charge in [-0.25, -0.2) is 0 Å². The van der Waals surface area contributed by atoms with Crippen molar-refractivity contribution in [1.29, 1.82) is 0 Å². The Morgan fingerprint density at radius 2 is 1.64 bits per heavy atom. The van der Waals surface area contributed by atoms with Gasteiger partial charge in [0.05, 0.1) is 51.5 Å². The van der Waals surface area contributed by atoms with E-state index in [0.717, 1.165) is 26.1 Å². The fourth-order valence-corrected chi connectivity index (χ4v) is 5.09. The van der Waals surface area contributed by atoms with Crippen LogP contribution >= 0.6 is 0 Å². The third-order valence-electron chi connectivity index (χ3n) is 6.85. The molecule has 1 atom stereocenters. The van der Waals surface area contributed by atoms with Crippen LogP contribution in [0.2, 0.25) is 0 Å². The Hall–Kier alpha value is -3.56. The van der Waals surface area contributed by atoms with Gasteiger partial charge in [-0.15, -0.1) is 0 Å². The third-order valence-corrected chi connectivity index (χ3v) is 6.85. The topological polar surface area (TPSA) is 90.7 Å². The molecule has 9 heteroatoms. The highest BCUT2D eigenvalue weighted by Gasteiger charge is 2.43. The normalized spacial score (nSPS) is 17.9. The van der Waals surface area contributed by atoms with Crippen LogP contribution in [0.15, 0.2) is 45.6 Å². The summed E-state index contributed by atoms with van der Waals surface area (Å²) in [6.07, 6.45) is 0.744. The first-order valence-electron chi connectivity index (χ1n) is 12.0. The van der Waals surface area contributed by atoms with Gasteiger partial charge in [-0.1, -0.05) is 12.1 Å². The molecular formula is C27H30N2O7. The number of ether oxygens (including phenoxy) is 4. The molecule has 5 rings (SSSR count). The molecule has 1 fully saturated rings. The van der Waals surface area contributed by atoms with Gasteiger partial charge < -0.3 is 28.3 Å². The van der Waals surface area contributed by atoms with Crippen LogP contribution in [0.4, 0.5) is 0 Å². The maximum Gasteiger partial charge on any atom is 0.290 e. The minimum Gasteiger partial charge on any atom is -0.493 e. The molecule has 2 aromatic carbocycles. The highest BCUT2D eigenvalue weighted by molar-refractivity contribution is 5.99. The Balaban J connectivity index is 1.59. The molecule has 0 unspecified atom stereocenters. The van der Waals surface area contributed by atoms with Gasteiger partial charge in [0.1, 0.15) is 5.58 Å². The molecule has 3 aromatic rings. The molecule has 3 heterocycles. The Bertz CT molecular complexity index is 1300. The largest absolute Gasteiger partial charge is 0.493 e. The lowest BCUT2D eigenvalue weighted by molar-refractivity contribution is 0.0353. The predicted molar refractivity (Wildman–Crippen MR) is 133 cm³/mol. The van der Waals surface area contributed by atoms with Gasteiger partial charge in [0, 0.05) is 26.2 Å². The zero-order chi connectivity index (χ0) is 25.2. The Labute approximate surface area is 209 Å². The van der Waals surface area contributed by atoms with E-state index in [4.69, 9.17) is 23.4 Å². The third kappa shape index (κ3) is 4.18. The van der Waals surface area contributed by atoms with Crippen molar-refractivity contribution in [3.8, 4) is 17.2 Å². The van der Waals surface area contributed by atoms with Crippen LogP contribution in [-0.4, -0.2) is 76.4 Å². The van der Waals surface area contributed by atoms with Gasteiger partial charge in [0.2, 0.25) is 11.5 Å². The quantitative estimate of drug-likeness (QED) is 0.472. The molecule has 1 saturated heterocycles. The molecule has 1 aromatic heterocycles. The minimum absolute atomic E-state index is 0.0869. The van der Waals surface area contributed by atoms with Crippen molar-refractivity contribution in [3.63, 3.8) is 0 Å². The van der Waals surface area contributed by atoms with Crippen molar-refractivity contribution >= 4 is 16.9 Å². The molecule has 0 N–H and O–H groups in total. The molecule has 2 aliphatic heterocycles. The standard InChI is InChI=1S/C27H30N2O7/c1-32-20-15-17(16-21(33-2)25(20)34-3)23-22-24(30)18-7-4-5-8-19(18)36-26(22)27(31)29(23)10-6-9-28-11-13-35-14-12-28/h4-5,7-8,15-16,23H,6,9-14H2,1-3H3/t23-/m0/s1. The molecule has 0 aliphatic carbocycles. The van der Waals surface area contributed by atoms with Crippen molar-refractivity contribution in [1.82, 2.24) is 9.80 Å². The molecule has 0 bridgehead atoms. The molecule has 0 spiro atoms. The smallest absolute Gasteiger partial charge is 0.290 e. The number of amides is 1. The Morgan fingerprint density at radius 1 is 0.944 bits per heavy atom. The Kier molecular flexibility index (Phi) is 6.84. The zero-order valence-electron chi connectivity index (χ0n) is 20.7. The average Bonchev–Trinajstić information content (AvgIpc) is 3.20. The number of rotatable bonds is 8. The number of hydrogen-bond donors (Lipinski definition) is 0. The summed E-state index contributed by atoms with van der Waals surface area (Å²) in [6, 6.07) is 9.94. The number of nitrogens with zero attached hydrogens (tertiary/aromatic N) is 2. The van der Waals surface area contributed by atoms with Crippen molar-refractivity contribution in [2.24, 2.45) is 0 Å². The molecule has 0 saturated carbocycles. The van der Waals surface area contributed by atoms with E-state index in [0.29, 0.717) is 59.1 Å². The van der Waals surface area contributed by atoms with Crippen LogP contribution in [0.1, 0.15) is 34.1 Å². The summed E-state index contributed by atoms with van der Waals surface area (Å²) in [7, 11) is 4.61. The second-order valence-electron chi connectivity index (χ2n) is 8.84. The van der Waals surface area contributed by atoms with E-state index in [9.17, 15) is 9.59 Å². The first-order chi connectivity index (χ1) is 17.6. The first kappa shape index (κ1) is 24.1. The lowest BCUT2D eigenvalue weighted by atomic mass is 9.97. The Morgan fingerprint density at radius 3 is 2.31 bits per heavy atom. The van der Waals surface area contributed by atoms with Crippen molar-refractivity contribution in [2.75, 3.05) is 60.7 Å². The molecule has 0 radical (unpaired) electrons. The van der Waals surface area contributed by atoms with Gasteiger partial charge in [0.25, 0.3) is 5.91 Å². The summed E-state index contributed by atoms with van der Waals surface area (Å²) in [4.78, 5) is 31.4. The fraction of sp³-hybridized carbons (Fsp3) is 0.407. The summed E-state index contributed by atoms with van der Waals surface area (Å²) in [6.45, 7) is 4.46. The van der Waals surface area contributed by atoms with Gasteiger partial charge in [0.15, 0.2) is 16.9 Å². The van der Waals surface area contributed by atoms with Crippen molar-refractivity contribution in [2.45, 2.75) is 12.5 Å². The summed E-state index contributed by atoms with van der Waals surface area (Å²) in [5.74, 6) is 1.13. The highest BCUT2D eigenvalue weighted by atomic mass is 16.5. The van der Waals surface area contributed by atoms with Crippen LogP contribution in [-0.2, 0) is 4.74 Å². The predicted octanol–water partition coefficient (Wildman–Crippen LogP) is 3.09. The number of hydrogen-bond acceptors (Lipinski definition) is 8. The van der Waals surface area contributed by atoms with E-state index in [1.807, 2.05) is 0 Å². The SMILES string of the molecule is COc1cc([C@H]2c3c(oc4ccccc4c3=O)C(=O)N2CCCN2CCOCC2)cc(OC)c1OC. The maximum absolute atomic E-state index is 13.7. The average molecular weight is 495 g/mol. The fourth-order valence-electron chi connectivity index (χ4n) is 5.09. The van der Waals surface area contributed by atoms with E-state index < -0.39 is 6.04 Å². The molecule has 36 heavy (non-hydrogen) atoms. The van der Waals surface area contributed by atoms with Crippen LogP contribution < -0.4 is 19.6 Å². The second-order valence-corrected chi connectivity index (χ2v) is 8.84.